The van der Waals surface area contributed by atoms with E-state index in [1.54, 1.807) is 29.8 Å². The highest BCUT2D eigenvalue weighted by molar-refractivity contribution is 7.17. The van der Waals surface area contributed by atoms with Crippen molar-refractivity contribution in [3.63, 3.8) is 0 Å². The molecule has 4 aromatic rings. The lowest BCUT2D eigenvalue weighted by Crippen LogP contribution is -2.36. The van der Waals surface area contributed by atoms with Gasteiger partial charge in [0.15, 0.2) is 16.6 Å². The van der Waals surface area contributed by atoms with Crippen LogP contribution >= 0.6 is 11.3 Å². The first-order valence-corrected chi connectivity index (χ1v) is 12.0. The highest BCUT2D eigenvalue weighted by Crippen LogP contribution is 2.36. The lowest BCUT2D eigenvalue weighted by Gasteiger charge is -2.19. The van der Waals surface area contributed by atoms with Crippen molar-refractivity contribution in [2.24, 2.45) is 0 Å². The summed E-state index contributed by atoms with van der Waals surface area (Å²) in [5.41, 5.74) is 4.16. The highest BCUT2D eigenvalue weighted by atomic mass is 32.1. The van der Waals surface area contributed by atoms with Gasteiger partial charge in [0.05, 0.1) is 23.4 Å². The summed E-state index contributed by atoms with van der Waals surface area (Å²) in [6.45, 7) is 5.31. The molecular weight excluding hydrogens is 450 g/mol. The fraction of sp³-hybridized carbons (Fsp3) is 0.320. The number of rotatable bonds is 7. The summed E-state index contributed by atoms with van der Waals surface area (Å²) in [4.78, 5) is 36.8. The molecule has 0 spiro atoms. The van der Waals surface area contributed by atoms with Gasteiger partial charge in [0.2, 0.25) is 0 Å². The third-order valence-corrected chi connectivity index (χ3v) is 7.24. The highest BCUT2D eigenvalue weighted by Gasteiger charge is 2.36. The number of methoxy groups -OCH3 is 1. The molecule has 1 fully saturated rings. The number of pyridine rings is 1. The molecule has 3 heterocycles. The Hall–Kier alpha value is -3.59. The average molecular weight is 476 g/mol. The molecule has 174 valence electrons. The minimum atomic E-state index is -0.104. The Balaban J connectivity index is 1.49. The van der Waals surface area contributed by atoms with Crippen molar-refractivity contribution in [1.29, 1.82) is 0 Å². The second-order valence-corrected chi connectivity index (χ2v) is 9.47. The number of thiazole rings is 1. The third-order valence-electron chi connectivity index (χ3n) is 5.99. The van der Waals surface area contributed by atoms with E-state index >= 15 is 0 Å². The van der Waals surface area contributed by atoms with Gasteiger partial charge in [-0.25, -0.2) is 14.6 Å². The monoisotopic (exact) mass is 475 g/mol. The minimum Gasteiger partial charge on any atom is -0.497 e. The first-order valence-electron chi connectivity index (χ1n) is 11.1. The Bertz CT molecular complexity index is 1400. The number of hydrogen-bond acceptors (Lipinski definition) is 7. The van der Waals surface area contributed by atoms with Gasteiger partial charge in [-0.15, -0.1) is 0 Å². The number of aryl methyl sites for hydroxylation is 2. The maximum Gasteiger partial charge on any atom is 0.250 e. The number of carbonyl (C=O) groups is 2. The van der Waals surface area contributed by atoms with Gasteiger partial charge in [-0.2, -0.15) is 5.10 Å². The molecule has 1 aliphatic carbocycles. The number of nitrogens with zero attached hydrogens (tertiary/aromatic N) is 5. The standard InChI is InChI=1S/C25H25N5O3S/c1-14-22-20(17-5-9-19(33-4)10-6-17)11-12-26-24(22)29(28-14)13-21(32)30(18-7-8-18)25-27-15(2)23(34-25)16(3)31/h5-6,9-12,18H,7-8,13H2,1-4H3. The van der Waals surface area contributed by atoms with Gasteiger partial charge in [0.25, 0.3) is 5.91 Å². The Morgan fingerprint density at radius 2 is 1.88 bits per heavy atom. The lowest BCUT2D eigenvalue weighted by atomic mass is 10.0. The van der Waals surface area contributed by atoms with E-state index in [0.29, 0.717) is 21.3 Å². The molecular formula is C25H25N5O3S. The predicted molar refractivity (Wildman–Crippen MR) is 132 cm³/mol. The molecule has 1 aromatic carbocycles. The lowest BCUT2D eigenvalue weighted by molar-refractivity contribution is -0.119. The van der Waals surface area contributed by atoms with E-state index in [1.165, 1.54) is 18.3 Å². The van der Waals surface area contributed by atoms with Gasteiger partial charge < -0.3 is 4.74 Å². The van der Waals surface area contributed by atoms with Gasteiger partial charge in [0.1, 0.15) is 12.3 Å². The van der Waals surface area contributed by atoms with Crippen molar-refractivity contribution in [2.45, 2.75) is 46.2 Å². The molecule has 0 N–H and O–H groups in total. The van der Waals surface area contributed by atoms with E-state index in [2.05, 4.69) is 15.1 Å². The molecule has 9 heteroatoms. The van der Waals surface area contributed by atoms with Crippen molar-refractivity contribution in [3.05, 3.63) is 52.8 Å². The second kappa shape index (κ2) is 8.64. The van der Waals surface area contributed by atoms with E-state index in [4.69, 9.17) is 4.74 Å². The predicted octanol–water partition coefficient (Wildman–Crippen LogP) is 4.58. The van der Waals surface area contributed by atoms with Gasteiger partial charge in [-0.3, -0.25) is 14.5 Å². The van der Waals surface area contributed by atoms with Gasteiger partial charge >= 0.3 is 0 Å². The molecule has 1 amide bonds. The summed E-state index contributed by atoms with van der Waals surface area (Å²) in [6, 6.07) is 9.92. The molecule has 5 rings (SSSR count). The van der Waals surface area contributed by atoms with Crippen LogP contribution < -0.4 is 9.64 Å². The number of carbonyl (C=O) groups excluding carboxylic acids is 2. The molecule has 0 bridgehead atoms. The molecule has 0 radical (unpaired) electrons. The number of aromatic nitrogens is 4. The Morgan fingerprint density at radius 3 is 2.50 bits per heavy atom. The van der Waals surface area contributed by atoms with Gasteiger partial charge in [-0.05, 0) is 56.0 Å². The maximum absolute atomic E-state index is 13.5. The van der Waals surface area contributed by atoms with Crippen LogP contribution in [0.15, 0.2) is 36.5 Å². The summed E-state index contributed by atoms with van der Waals surface area (Å²) in [5.74, 6) is 0.651. The molecule has 8 nitrogen and oxygen atoms in total. The summed E-state index contributed by atoms with van der Waals surface area (Å²) in [7, 11) is 1.64. The molecule has 34 heavy (non-hydrogen) atoms. The van der Waals surface area contributed by atoms with Crippen LogP contribution in [0.5, 0.6) is 5.75 Å². The average Bonchev–Trinajstić information content (AvgIpc) is 3.50. The topological polar surface area (TPSA) is 90.2 Å². The summed E-state index contributed by atoms with van der Waals surface area (Å²) < 4.78 is 6.94. The quantitative estimate of drug-likeness (QED) is 0.364. The van der Waals surface area contributed by atoms with E-state index in [0.717, 1.165) is 40.8 Å². The fourth-order valence-electron chi connectivity index (χ4n) is 4.22. The van der Waals surface area contributed by atoms with E-state index in [9.17, 15) is 9.59 Å². The zero-order valence-electron chi connectivity index (χ0n) is 19.5. The first kappa shape index (κ1) is 22.2. The summed E-state index contributed by atoms with van der Waals surface area (Å²) in [6.07, 6.45) is 3.60. The normalized spacial score (nSPS) is 13.3. The molecule has 0 aliphatic heterocycles. The number of benzene rings is 1. The van der Waals surface area contributed by atoms with Crippen LogP contribution in [0.2, 0.25) is 0 Å². The Morgan fingerprint density at radius 1 is 1.15 bits per heavy atom. The van der Waals surface area contributed by atoms with Crippen molar-refractivity contribution >= 4 is 39.2 Å². The molecule has 0 saturated heterocycles. The van der Waals surface area contributed by atoms with Gasteiger partial charge in [0, 0.05) is 24.5 Å². The number of ketones is 1. The van der Waals surface area contributed by atoms with Crippen LogP contribution in [-0.2, 0) is 11.3 Å². The minimum absolute atomic E-state index is 0.0339. The number of ether oxygens (including phenoxy) is 1. The maximum atomic E-state index is 13.5. The Labute approximate surface area is 201 Å². The zero-order chi connectivity index (χ0) is 24.0. The SMILES string of the molecule is COc1ccc(-c2ccnc3c2c(C)nn3CC(=O)N(c2nc(C)c(C(C)=O)s2)C2CC2)cc1. The number of fused-ring (bicyclic) bond motifs is 1. The summed E-state index contributed by atoms with van der Waals surface area (Å²) in [5, 5.41) is 6.17. The molecule has 0 atom stereocenters. The second-order valence-electron chi connectivity index (χ2n) is 8.49. The van der Waals surface area contributed by atoms with Gasteiger partial charge in [-0.1, -0.05) is 23.5 Å². The van der Waals surface area contributed by atoms with E-state index < -0.39 is 0 Å². The molecule has 1 saturated carbocycles. The number of Topliss-reactive ketones (excluding diaryl/α,β-unsaturated/α-hetero) is 1. The molecule has 3 aromatic heterocycles. The Kier molecular flexibility index (Phi) is 5.65. The summed E-state index contributed by atoms with van der Waals surface area (Å²) >= 11 is 1.28. The van der Waals surface area contributed by atoms with Crippen LogP contribution in [0.4, 0.5) is 5.13 Å². The molecule has 0 unspecified atom stereocenters. The van der Waals surface area contributed by atoms with Crippen molar-refractivity contribution in [1.82, 2.24) is 19.7 Å². The fourth-order valence-corrected chi connectivity index (χ4v) is 5.27. The first-order chi connectivity index (χ1) is 16.4. The zero-order valence-corrected chi connectivity index (χ0v) is 20.3. The van der Waals surface area contributed by atoms with Crippen molar-refractivity contribution in [3.8, 4) is 16.9 Å². The van der Waals surface area contributed by atoms with E-state index in [1.807, 2.05) is 37.3 Å². The molecule has 1 aliphatic rings. The van der Waals surface area contributed by atoms with Crippen molar-refractivity contribution in [2.75, 3.05) is 12.0 Å². The van der Waals surface area contributed by atoms with Crippen LogP contribution in [0, 0.1) is 13.8 Å². The smallest absolute Gasteiger partial charge is 0.250 e. The van der Waals surface area contributed by atoms with Crippen LogP contribution in [-0.4, -0.2) is 44.6 Å². The van der Waals surface area contributed by atoms with E-state index in [-0.39, 0.29) is 24.3 Å². The number of anilines is 1. The van der Waals surface area contributed by atoms with Crippen LogP contribution in [0.25, 0.3) is 22.2 Å². The number of hydrogen-bond donors (Lipinski definition) is 0. The number of amides is 1. The van der Waals surface area contributed by atoms with Crippen molar-refractivity contribution < 1.29 is 14.3 Å². The van der Waals surface area contributed by atoms with Crippen LogP contribution in [0.1, 0.15) is 40.8 Å². The van der Waals surface area contributed by atoms with Crippen LogP contribution in [0.3, 0.4) is 0 Å². The third kappa shape index (κ3) is 3.96. The largest absolute Gasteiger partial charge is 0.497 e.